The van der Waals surface area contributed by atoms with Crippen LogP contribution < -0.4 is 0 Å². The van der Waals surface area contributed by atoms with Crippen LogP contribution in [0.1, 0.15) is 11.8 Å². The SMILES string of the molecule is ClCc1nnc(-c2cc(Cl)cc(Cl)c2)o1.Clc1cc(Cl)cc(-c2nnc(CSc3nnc(-c4ccncc4)n3-c3ccccc3Cl)o2)c1. The minimum Gasteiger partial charge on any atom is -0.420 e. The van der Waals surface area contributed by atoms with E-state index in [1.165, 1.54) is 11.8 Å². The summed E-state index contributed by atoms with van der Waals surface area (Å²) in [5, 5.41) is 27.8. The van der Waals surface area contributed by atoms with Crippen LogP contribution in [0.3, 0.4) is 0 Å². The first-order valence-electron chi connectivity index (χ1n) is 13.6. The summed E-state index contributed by atoms with van der Waals surface area (Å²) in [7, 11) is 0. The molecule has 242 valence electrons. The average Bonchev–Trinajstić information content (AvgIpc) is 3.84. The molecule has 0 radical (unpaired) electrons. The highest BCUT2D eigenvalue weighted by Gasteiger charge is 2.19. The smallest absolute Gasteiger partial charge is 0.247 e. The van der Waals surface area contributed by atoms with E-state index in [9.17, 15) is 0 Å². The maximum absolute atomic E-state index is 6.50. The monoisotopic (exact) mass is 776 g/mol. The first kappa shape index (κ1) is 34.2. The lowest BCUT2D eigenvalue weighted by molar-refractivity contribution is 0.527. The molecule has 0 saturated carbocycles. The van der Waals surface area contributed by atoms with Gasteiger partial charge in [-0.15, -0.1) is 42.2 Å². The van der Waals surface area contributed by atoms with Crippen LogP contribution in [-0.4, -0.2) is 40.1 Å². The summed E-state index contributed by atoms with van der Waals surface area (Å²) in [6, 6.07) is 21.3. The van der Waals surface area contributed by atoms with Gasteiger partial charge in [0.1, 0.15) is 5.88 Å². The number of benzene rings is 3. The molecule has 4 aromatic heterocycles. The van der Waals surface area contributed by atoms with E-state index in [2.05, 4.69) is 35.6 Å². The first-order valence-corrected chi connectivity index (χ1v) is 17.1. The van der Waals surface area contributed by atoms with Gasteiger partial charge < -0.3 is 8.83 Å². The summed E-state index contributed by atoms with van der Waals surface area (Å²) in [6.45, 7) is 0. The number of halogens is 6. The van der Waals surface area contributed by atoms with Crippen LogP contribution in [0.2, 0.25) is 25.1 Å². The Morgan fingerprint density at radius 2 is 1.17 bits per heavy atom. The highest BCUT2D eigenvalue weighted by atomic mass is 35.5. The number of rotatable bonds is 8. The average molecular weight is 779 g/mol. The molecule has 7 aromatic rings. The van der Waals surface area contributed by atoms with E-state index in [-0.39, 0.29) is 5.88 Å². The zero-order valence-electron chi connectivity index (χ0n) is 24.1. The molecule has 0 aliphatic heterocycles. The molecule has 0 N–H and O–H groups in total. The summed E-state index contributed by atoms with van der Waals surface area (Å²) in [5.74, 6) is 2.68. The standard InChI is InChI=1S/C22H13Cl3N6OS.C9H5Cl3N2O/c23-15-9-14(10-16(24)11-15)21-29-27-19(32-21)12-33-22-30-28-20(13-5-7-26-8-6-13)31(22)18-4-2-1-3-17(18)25;10-4-8-13-14-9(15-8)5-1-6(11)3-7(12)2-5/h1-11H,12H2;1-3H,4H2. The summed E-state index contributed by atoms with van der Waals surface area (Å²) in [5.41, 5.74) is 2.95. The van der Waals surface area contributed by atoms with Gasteiger partial charge >= 0.3 is 0 Å². The Bertz CT molecular complexity index is 2140. The lowest BCUT2D eigenvalue weighted by Crippen LogP contribution is -2.00. The van der Waals surface area contributed by atoms with Crippen LogP contribution in [0.5, 0.6) is 0 Å². The molecule has 0 spiro atoms. The number of para-hydroxylation sites is 1. The quantitative estimate of drug-likeness (QED) is 0.109. The van der Waals surface area contributed by atoms with Gasteiger partial charge in [-0.2, -0.15) is 0 Å². The summed E-state index contributed by atoms with van der Waals surface area (Å²) in [6.07, 6.45) is 3.41. The van der Waals surface area contributed by atoms with Gasteiger partial charge in [-0.25, -0.2) is 0 Å². The number of alkyl halides is 1. The molecule has 0 amide bonds. The summed E-state index contributed by atoms with van der Waals surface area (Å²) in [4.78, 5) is 4.08. The normalized spacial score (nSPS) is 11.0. The molecule has 0 saturated heterocycles. The number of nitrogens with zero attached hydrogens (tertiary/aromatic N) is 8. The van der Waals surface area contributed by atoms with Crippen molar-refractivity contribution in [1.29, 1.82) is 0 Å². The van der Waals surface area contributed by atoms with Gasteiger partial charge in [0, 0.05) is 49.2 Å². The fourth-order valence-corrected chi connectivity index (χ4v) is 6.40. The maximum Gasteiger partial charge on any atom is 0.247 e. The van der Waals surface area contributed by atoms with E-state index in [0.29, 0.717) is 76.5 Å². The van der Waals surface area contributed by atoms with E-state index in [1.54, 1.807) is 48.8 Å². The summed E-state index contributed by atoms with van der Waals surface area (Å²) < 4.78 is 13.0. The molecular formula is C31H18Cl6N8O2S. The fourth-order valence-electron chi connectivity index (χ4n) is 4.24. The number of aromatic nitrogens is 8. The van der Waals surface area contributed by atoms with Gasteiger partial charge in [-0.05, 0) is 60.7 Å². The molecule has 0 aliphatic rings. The van der Waals surface area contributed by atoms with E-state index < -0.39 is 0 Å². The zero-order valence-corrected chi connectivity index (χ0v) is 29.4. The Labute approximate surface area is 307 Å². The lowest BCUT2D eigenvalue weighted by atomic mass is 10.2. The zero-order chi connectivity index (χ0) is 33.6. The second-order valence-electron chi connectivity index (χ2n) is 9.57. The van der Waals surface area contributed by atoms with Crippen LogP contribution in [0, 0.1) is 0 Å². The lowest BCUT2D eigenvalue weighted by Gasteiger charge is -2.11. The second-order valence-corrected chi connectivity index (χ2v) is 12.9. The Morgan fingerprint density at radius 1 is 0.604 bits per heavy atom. The van der Waals surface area contributed by atoms with E-state index in [4.69, 9.17) is 78.4 Å². The maximum atomic E-state index is 6.50. The highest BCUT2D eigenvalue weighted by molar-refractivity contribution is 7.98. The third kappa shape index (κ3) is 8.30. The largest absolute Gasteiger partial charge is 0.420 e. The third-order valence-corrected chi connectivity index (χ3v) is 8.59. The van der Waals surface area contributed by atoms with Crippen LogP contribution in [0.25, 0.3) is 40.0 Å². The minimum absolute atomic E-state index is 0.182. The molecule has 4 heterocycles. The van der Waals surface area contributed by atoms with Crippen molar-refractivity contribution in [2.45, 2.75) is 16.8 Å². The Kier molecular flexibility index (Phi) is 11.2. The molecule has 7 rings (SSSR count). The second kappa shape index (κ2) is 15.7. The Morgan fingerprint density at radius 3 is 1.73 bits per heavy atom. The molecule has 0 bridgehead atoms. The van der Waals surface area contributed by atoms with E-state index in [1.807, 2.05) is 41.0 Å². The molecule has 0 atom stereocenters. The molecule has 10 nitrogen and oxygen atoms in total. The molecule has 0 unspecified atom stereocenters. The van der Waals surface area contributed by atoms with Crippen LogP contribution in [0.4, 0.5) is 0 Å². The van der Waals surface area contributed by atoms with Gasteiger partial charge in [-0.1, -0.05) is 81.9 Å². The molecule has 48 heavy (non-hydrogen) atoms. The van der Waals surface area contributed by atoms with Crippen LogP contribution in [0.15, 0.2) is 99.2 Å². The molecule has 17 heteroatoms. The topological polar surface area (TPSA) is 121 Å². The van der Waals surface area contributed by atoms with E-state index in [0.717, 1.165) is 11.3 Å². The predicted molar refractivity (Wildman–Crippen MR) is 188 cm³/mol. The van der Waals surface area contributed by atoms with Crippen molar-refractivity contribution in [3.63, 3.8) is 0 Å². The third-order valence-electron chi connectivity index (χ3n) is 6.26. The van der Waals surface area contributed by atoms with Crippen molar-refractivity contribution >= 4 is 81.4 Å². The van der Waals surface area contributed by atoms with Crippen molar-refractivity contribution < 1.29 is 8.83 Å². The van der Waals surface area contributed by atoms with Crippen molar-refractivity contribution in [3.05, 3.63) is 122 Å². The van der Waals surface area contributed by atoms with E-state index >= 15 is 0 Å². The van der Waals surface area contributed by atoms with Gasteiger partial charge in [0.15, 0.2) is 11.0 Å². The predicted octanol–water partition coefficient (Wildman–Crippen LogP) is 10.4. The van der Waals surface area contributed by atoms with Crippen LogP contribution >= 0.6 is 81.4 Å². The first-order chi connectivity index (χ1) is 23.3. The summed E-state index contributed by atoms with van der Waals surface area (Å²) >= 11 is 37.3. The number of pyridine rings is 1. The number of hydrogen-bond acceptors (Lipinski definition) is 10. The van der Waals surface area contributed by atoms with Gasteiger partial charge in [0.05, 0.1) is 16.5 Å². The van der Waals surface area contributed by atoms with Gasteiger partial charge in [0.25, 0.3) is 0 Å². The Hall–Kier alpha value is -3.68. The molecular weight excluding hydrogens is 761 g/mol. The van der Waals surface area contributed by atoms with Crippen molar-refractivity contribution in [3.8, 4) is 40.0 Å². The molecule has 0 aliphatic carbocycles. The number of thioether (sulfide) groups is 1. The fraction of sp³-hybridized carbons (Fsp3) is 0.0645. The van der Waals surface area contributed by atoms with Gasteiger partial charge in [0.2, 0.25) is 23.6 Å². The van der Waals surface area contributed by atoms with Crippen molar-refractivity contribution in [1.82, 2.24) is 40.1 Å². The van der Waals surface area contributed by atoms with Gasteiger partial charge in [-0.3, -0.25) is 9.55 Å². The molecule has 3 aromatic carbocycles. The number of hydrogen-bond donors (Lipinski definition) is 0. The Balaban J connectivity index is 0.000000223. The van der Waals surface area contributed by atoms with Crippen molar-refractivity contribution in [2.24, 2.45) is 0 Å². The highest BCUT2D eigenvalue weighted by Crippen LogP contribution is 2.33. The molecule has 0 fully saturated rings. The minimum atomic E-state index is 0.182. The van der Waals surface area contributed by atoms with Crippen molar-refractivity contribution in [2.75, 3.05) is 0 Å². The van der Waals surface area contributed by atoms with Crippen LogP contribution in [-0.2, 0) is 11.6 Å².